The van der Waals surface area contributed by atoms with E-state index in [2.05, 4.69) is 15.3 Å². The van der Waals surface area contributed by atoms with Crippen molar-refractivity contribution in [1.82, 2.24) is 18.9 Å². The Balaban J connectivity index is 2.24. The molecule has 5 nitrogen and oxygen atoms in total. The molecule has 0 atom stereocenters. The number of nitrogens with two attached hydrogens (primary N) is 1. The fourth-order valence-corrected chi connectivity index (χ4v) is 2.57. The van der Waals surface area contributed by atoms with Crippen molar-refractivity contribution in [2.24, 2.45) is 12.8 Å². The summed E-state index contributed by atoms with van der Waals surface area (Å²) in [7, 11) is 1.98. The van der Waals surface area contributed by atoms with Crippen LogP contribution in [0.5, 0.6) is 0 Å². The van der Waals surface area contributed by atoms with Gasteiger partial charge >= 0.3 is 0 Å². The summed E-state index contributed by atoms with van der Waals surface area (Å²) in [6, 6.07) is 0. The molecule has 0 aliphatic carbocycles. The van der Waals surface area contributed by atoms with Crippen LogP contribution >= 0.6 is 11.3 Å². The minimum Gasteiger partial charge on any atom is -0.333 e. The number of rotatable bonds is 2. The molecule has 3 aromatic heterocycles. The normalized spacial score (nSPS) is 11.4. The van der Waals surface area contributed by atoms with Gasteiger partial charge in [0.15, 0.2) is 10.8 Å². The Kier molecular flexibility index (Phi) is 2.05. The van der Waals surface area contributed by atoms with Gasteiger partial charge in [0.2, 0.25) is 0 Å². The smallest absolute Gasteiger partial charge is 0.194 e. The number of hydrogen-bond donors (Lipinski definition) is 1. The molecule has 3 aromatic rings. The summed E-state index contributed by atoms with van der Waals surface area (Å²) in [5, 5.41) is 2.06. The summed E-state index contributed by atoms with van der Waals surface area (Å²) in [5.74, 6) is 0.937. The van der Waals surface area contributed by atoms with Gasteiger partial charge in [0, 0.05) is 37.6 Å². The summed E-state index contributed by atoms with van der Waals surface area (Å²) >= 11 is 1.60. The molecule has 0 unspecified atom stereocenters. The van der Waals surface area contributed by atoms with Crippen LogP contribution in [0.4, 0.5) is 0 Å². The van der Waals surface area contributed by atoms with E-state index in [1.54, 1.807) is 17.5 Å². The first-order chi connectivity index (χ1) is 7.79. The predicted octanol–water partition coefficient (Wildman–Crippen LogP) is 1.25. The average Bonchev–Trinajstić information content (AvgIpc) is 2.92. The van der Waals surface area contributed by atoms with E-state index >= 15 is 0 Å². The van der Waals surface area contributed by atoms with E-state index < -0.39 is 0 Å². The minimum absolute atomic E-state index is 0.467. The molecule has 0 aliphatic heterocycles. The quantitative estimate of drug-likeness (QED) is 0.724. The first-order valence-corrected chi connectivity index (χ1v) is 5.81. The molecule has 6 heteroatoms. The molecular formula is C10H11N5S. The zero-order valence-corrected chi connectivity index (χ0v) is 9.61. The van der Waals surface area contributed by atoms with E-state index in [0.717, 1.165) is 22.2 Å². The number of imidazole rings is 2. The van der Waals surface area contributed by atoms with Gasteiger partial charge < -0.3 is 10.3 Å². The number of fused-ring (bicyclic) bond motifs is 1. The highest BCUT2D eigenvalue weighted by molar-refractivity contribution is 7.15. The third kappa shape index (κ3) is 1.27. The molecule has 3 rings (SSSR count). The van der Waals surface area contributed by atoms with Crippen LogP contribution in [0.15, 0.2) is 24.0 Å². The molecule has 0 aliphatic rings. The summed E-state index contributed by atoms with van der Waals surface area (Å²) in [6.45, 7) is 0.467. The second-order valence-electron chi connectivity index (χ2n) is 3.57. The average molecular weight is 233 g/mol. The monoisotopic (exact) mass is 233 g/mol. The lowest BCUT2D eigenvalue weighted by atomic mass is 10.4. The van der Waals surface area contributed by atoms with Gasteiger partial charge in [-0.25, -0.2) is 9.97 Å². The summed E-state index contributed by atoms with van der Waals surface area (Å²) < 4.78 is 4.03. The first kappa shape index (κ1) is 9.56. The molecular weight excluding hydrogens is 222 g/mol. The Hall–Kier alpha value is -1.66. The zero-order chi connectivity index (χ0) is 11.1. The third-order valence-corrected chi connectivity index (χ3v) is 3.36. The maximum absolute atomic E-state index is 5.58. The Bertz CT molecular complexity index is 633. The molecule has 0 amide bonds. The lowest BCUT2D eigenvalue weighted by Gasteiger charge is -1.98. The Morgan fingerprint density at radius 3 is 3.06 bits per heavy atom. The lowest BCUT2D eigenvalue weighted by molar-refractivity contribution is 0.914. The van der Waals surface area contributed by atoms with Gasteiger partial charge in [-0.3, -0.25) is 4.40 Å². The summed E-state index contributed by atoms with van der Waals surface area (Å²) in [4.78, 5) is 9.70. The number of nitrogens with zero attached hydrogens (tertiary/aromatic N) is 4. The second kappa shape index (κ2) is 3.43. The van der Waals surface area contributed by atoms with Crippen molar-refractivity contribution in [3.05, 3.63) is 29.7 Å². The third-order valence-electron chi connectivity index (χ3n) is 2.52. The van der Waals surface area contributed by atoms with E-state index in [9.17, 15) is 0 Å². The van der Waals surface area contributed by atoms with E-state index in [1.165, 1.54) is 0 Å². The van der Waals surface area contributed by atoms with Gasteiger partial charge in [-0.15, -0.1) is 11.3 Å². The maximum Gasteiger partial charge on any atom is 0.194 e. The van der Waals surface area contributed by atoms with Crippen molar-refractivity contribution in [2.75, 3.05) is 0 Å². The van der Waals surface area contributed by atoms with Gasteiger partial charge in [0.25, 0.3) is 0 Å². The predicted molar refractivity (Wildman–Crippen MR) is 63.2 cm³/mol. The second-order valence-corrected chi connectivity index (χ2v) is 4.41. The molecule has 2 N–H and O–H groups in total. The highest BCUT2D eigenvalue weighted by Crippen LogP contribution is 2.24. The van der Waals surface area contributed by atoms with Gasteiger partial charge in [0.1, 0.15) is 5.69 Å². The zero-order valence-electron chi connectivity index (χ0n) is 8.79. The fraction of sp³-hybridized carbons (Fsp3) is 0.200. The molecule has 0 saturated carbocycles. The molecule has 0 fully saturated rings. The number of hydrogen-bond acceptors (Lipinski definition) is 4. The SMILES string of the molecule is Cn1ccnc1-c1csc2nc(CN)cn12. The number of aryl methyl sites for hydroxylation is 1. The largest absolute Gasteiger partial charge is 0.333 e. The Labute approximate surface area is 96.2 Å². The van der Waals surface area contributed by atoms with Crippen LogP contribution in [-0.2, 0) is 13.6 Å². The molecule has 3 heterocycles. The standard InChI is InChI=1S/C10H11N5S/c1-14-3-2-12-9(14)8-6-16-10-13-7(4-11)5-15(8)10/h2-3,5-6H,4,11H2,1H3. The van der Waals surface area contributed by atoms with Crippen LogP contribution in [0.25, 0.3) is 16.5 Å². The van der Waals surface area contributed by atoms with Crippen molar-refractivity contribution >= 4 is 16.3 Å². The molecule has 0 aromatic carbocycles. The number of aromatic nitrogens is 4. The molecule has 82 valence electrons. The lowest BCUT2D eigenvalue weighted by Crippen LogP contribution is -1.96. The van der Waals surface area contributed by atoms with Crippen LogP contribution in [0.2, 0.25) is 0 Å². The van der Waals surface area contributed by atoms with Crippen LogP contribution < -0.4 is 5.73 Å². The molecule has 0 saturated heterocycles. The topological polar surface area (TPSA) is 61.1 Å². The van der Waals surface area contributed by atoms with Crippen molar-refractivity contribution in [3.8, 4) is 11.5 Å². The van der Waals surface area contributed by atoms with E-state index in [4.69, 9.17) is 5.73 Å². The van der Waals surface area contributed by atoms with Crippen molar-refractivity contribution in [2.45, 2.75) is 6.54 Å². The van der Waals surface area contributed by atoms with Crippen molar-refractivity contribution < 1.29 is 0 Å². The van der Waals surface area contributed by atoms with Crippen LogP contribution in [0.3, 0.4) is 0 Å². The van der Waals surface area contributed by atoms with Crippen LogP contribution in [0.1, 0.15) is 5.69 Å². The summed E-state index contributed by atoms with van der Waals surface area (Å²) in [6.07, 6.45) is 5.69. The van der Waals surface area contributed by atoms with Crippen molar-refractivity contribution in [3.63, 3.8) is 0 Å². The minimum atomic E-state index is 0.467. The number of thiazole rings is 1. The van der Waals surface area contributed by atoms with Gasteiger partial charge in [-0.1, -0.05) is 0 Å². The molecule has 0 spiro atoms. The summed E-state index contributed by atoms with van der Waals surface area (Å²) in [5.41, 5.74) is 7.54. The maximum atomic E-state index is 5.58. The van der Waals surface area contributed by atoms with Gasteiger partial charge in [-0.05, 0) is 0 Å². The van der Waals surface area contributed by atoms with E-state index in [1.807, 2.05) is 28.4 Å². The first-order valence-electron chi connectivity index (χ1n) is 4.93. The van der Waals surface area contributed by atoms with Crippen LogP contribution in [0, 0.1) is 0 Å². The fourth-order valence-electron chi connectivity index (χ4n) is 1.70. The molecule has 0 radical (unpaired) electrons. The Morgan fingerprint density at radius 2 is 2.38 bits per heavy atom. The highest BCUT2D eigenvalue weighted by atomic mass is 32.1. The van der Waals surface area contributed by atoms with Crippen molar-refractivity contribution in [1.29, 1.82) is 0 Å². The Morgan fingerprint density at radius 1 is 1.50 bits per heavy atom. The van der Waals surface area contributed by atoms with E-state index in [0.29, 0.717) is 6.54 Å². The molecule has 0 bridgehead atoms. The van der Waals surface area contributed by atoms with E-state index in [-0.39, 0.29) is 0 Å². The van der Waals surface area contributed by atoms with Crippen LogP contribution in [-0.4, -0.2) is 18.9 Å². The van der Waals surface area contributed by atoms with Gasteiger partial charge in [0.05, 0.1) is 5.69 Å². The highest BCUT2D eigenvalue weighted by Gasteiger charge is 2.11. The van der Waals surface area contributed by atoms with Gasteiger partial charge in [-0.2, -0.15) is 0 Å². The molecule has 16 heavy (non-hydrogen) atoms.